The summed E-state index contributed by atoms with van der Waals surface area (Å²) in [5.74, 6) is 0.805. The second kappa shape index (κ2) is 23.2. The lowest BCUT2D eigenvalue weighted by atomic mass is 9.81. The number of hydrogen-bond donors (Lipinski definition) is 5. The summed E-state index contributed by atoms with van der Waals surface area (Å²) in [6.45, 7) is 13.8. The second-order valence-electron chi connectivity index (χ2n) is 24.4. The molecular formula is C59H78N6O15S. The third kappa shape index (κ3) is 12.0. The highest BCUT2D eigenvalue weighted by Crippen LogP contribution is 2.54. The van der Waals surface area contributed by atoms with Crippen LogP contribution in [0.2, 0.25) is 0 Å². The molecule has 440 valence electrons. The van der Waals surface area contributed by atoms with Crippen molar-refractivity contribution in [2.24, 2.45) is 22.6 Å². The topological polar surface area (TPSA) is 274 Å². The van der Waals surface area contributed by atoms with Crippen molar-refractivity contribution in [1.82, 2.24) is 15.1 Å². The summed E-state index contributed by atoms with van der Waals surface area (Å²) < 4.78 is 85.9. The highest BCUT2D eigenvalue weighted by atomic mass is 32.2. The van der Waals surface area contributed by atoms with Gasteiger partial charge in [0.25, 0.3) is 15.7 Å². The zero-order chi connectivity index (χ0) is 56.5. The quantitative estimate of drug-likeness (QED) is 0.154. The summed E-state index contributed by atoms with van der Waals surface area (Å²) in [6.07, 6.45) is 5.57. The Morgan fingerprint density at radius 2 is 1.54 bits per heavy atom. The molecular weight excluding hydrogens is 1060 g/mol. The van der Waals surface area contributed by atoms with E-state index >= 15 is 0 Å². The number of benzene rings is 2. The van der Waals surface area contributed by atoms with Gasteiger partial charge in [-0.2, -0.15) is 13.5 Å². The van der Waals surface area contributed by atoms with Crippen molar-refractivity contribution in [2.75, 3.05) is 31.8 Å². The van der Waals surface area contributed by atoms with Crippen LogP contribution in [0.1, 0.15) is 102 Å². The average molecular weight is 1140 g/mol. The molecule has 13 heterocycles. The lowest BCUT2D eigenvalue weighted by Gasteiger charge is -2.47. The van der Waals surface area contributed by atoms with Crippen LogP contribution in [0.4, 0.5) is 11.5 Å². The fraction of sp³-hybridized carbons (Fsp3) is 0.661. The molecule has 15 rings (SSSR count). The van der Waals surface area contributed by atoms with Crippen molar-refractivity contribution in [2.45, 2.75) is 207 Å². The van der Waals surface area contributed by atoms with E-state index in [1.165, 1.54) is 11.1 Å². The van der Waals surface area contributed by atoms with E-state index in [9.17, 15) is 23.1 Å². The molecule has 19 atom stereocenters. The molecule has 81 heavy (non-hydrogen) atoms. The number of anilines is 1. The lowest BCUT2D eigenvalue weighted by Crippen LogP contribution is -2.61. The van der Waals surface area contributed by atoms with Crippen LogP contribution in [-0.2, 0) is 70.6 Å². The number of aromatic nitrogens is 2. The van der Waals surface area contributed by atoms with Crippen molar-refractivity contribution < 1.29 is 65.5 Å². The van der Waals surface area contributed by atoms with Crippen LogP contribution in [0.15, 0.2) is 76.6 Å². The number of carbonyl (C=O) groups is 1. The molecule has 10 fully saturated rings. The smallest absolute Gasteiger partial charge is 0.272 e. The Balaban J connectivity index is 0.000000185. The van der Waals surface area contributed by atoms with Crippen LogP contribution in [0.3, 0.4) is 0 Å². The zero-order valence-corrected chi connectivity index (χ0v) is 47.2. The van der Waals surface area contributed by atoms with Crippen LogP contribution < -0.4 is 16.6 Å². The number of ether oxygens (including phenoxy) is 9. The van der Waals surface area contributed by atoms with E-state index in [1.54, 1.807) is 13.2 Å². The number of Topliss-reactive ketones (excluding diaryl/α,β-unsaturated/α-hetero) is 1. The number of aliphatic hydroxyl groups is 1. The molecule has 0 radical (unpaired) electrons. The Labute approximate surface area is 472 Å². The Bertz CT molecular complexity index is 3040. The monoisotopic (exact) mass is 1140 g/mol. The Morgan fingerprint density at radius 1 is 0.827 bits per heavy atom. The maximum atomic E-state index is 14.1. The molecule has 0 amide bonds. The van der Waals surface area contributed by atoms with Crippen LogP contribution in [-0.4, -0.2) is 175 Å². The second-order valence-corrected chi connectivity index (χ2v) is 25.8. The molecule has 12 aliphatic rings. The van der Waals surface area contributed by atoms with E-state index in [2.05, 4.69) is 69.8 Å². The average Bonchev–Trinajstić information content (AvgIpc) is 4.12. The highest BCUT2D eigenvalue weighted by Gasteiger charge is 2.69. The highest BCUT2D eigenvalue weighted by molar-refractivity contribution is 7.85. The number of aliphatic hydroxyl groups excluding tert-OH is 1. The number of aliphatic imine (C=N–C) groups is 1. The Morgan fingerprint density at radius 3 is 2.31 bits per heavy atom. The number of nitrogens with one attached hydrogen (secondary N) is 2. The third-order valence-electron chi connectivity index (χ3n) is 18.6. The zero-order valence-electron chi connectivity index (χ0n) is 46.4. The van der Waals surface area contributed by atoms with Gasteiger partial charge in [0.2, 0.25) is 0 Å². The van der Waals surface area contributed by atoms with Gasteiger partial charge in [-0.1, -0.05) is 50.4 Å². The minimum Gasteiger partial charge on any atom is -0.392 e. The number of amidine groups is 1. The number of ketones is 1. The first kappa shape index (κ1) is 57.1. The molecule has 12 bridgehead atoms. The van der Waals surface area contributed by atoms with Gasteiger partial charge in [-0.05, 0) is 85.3 Å². The van der Waals surface area contributed by atoms with Gasteiger partial charge in [-0.3, -0.25) is 19.0 Å². The van der Waals surface area contributed by atoms with Crippen molar-refractivity contribution in [3.63, 3.8) is 0 Å². The predicted octanol–water partition coefficient (Wildman–Crippen LogP) is 5.34. The van der Waals surface area contributed by atoms with E-state index in [-0.39, 0.29) is 128 Å². The number of aromatic amines is 1. The van der Waals surface area contributed by atoms with Gasteiger partial charge in [0.15, 0.2) is 11.6 Å². The largest absolute Gasteiger partial charge is 0.392 e. The number of fused-ring (bicyclic) bond motifs is 7. The number of rotatable bonds is 6. The molecule has 10 saturated heterocycles. The van der Waals surface area contributed by atoms with Gasteiger partial charge in [-0.15, -0.1) is 0 Å². The number of nitrogens with two attached hydrogens (primary N) is 1. The SMILES string of the molecule is C=C1C[C@@H]2CC[C@@]34C[C@H]5O[C@H]6[C@@H](O3)[C@H]3O[C@H](CC[C@@H]3O[C@H]6[C@H]5O4)CC(=O)C[C@@H]3[C@@H](OC)[C@@H](C[C@H](O)CN)O[C@H]3C[C@H]3O[C@@H](CC[C@@H]1O2)C[C@@H](C)C3=C.CS(=O)(=O)O.O=c1[nH]nc2c3c(cccc13)NC(CN1Cc3ccccc3C1)=N2. The number of methoxy groups -OCH3 is 1. The van der Waals surface area contributed by atoms with Gasteiger partial charge in [0, 0.05) is 71.2 Å². The minimum absolute atomic E-state index is 0.0158. The molecule has 12 aliphatic heterocycles. The molecule has 0 unspecified atom stereocenters. The molecule has 21 nitrogen and oxygen atoms in total. The first-order chi connectivity index (χ1) is 38.9. The van der Waals surface area contributed by atoms with E-state index in [0.29, 0.717) is 49.7 Å². The fourth-order valence-corrected chi connectivity index (χ4v) is 14.8. The number of H-pyrrole nitrogens is 1. The molecule has 6 N–H and O–H groups in total. The van der Waals surface area contributed by atoms with Crippen molar-refractivity contribution in [3.8, 4) is 0 Å². The molecule has 0 saturated carbocycles. The van der Waals surface area contributed by atoms with E-state index in [4.69, 9.17) is 52.9 Å². The predicted molar refractivity (Wildman–Crippen MR) is 297 cm³/mol. The fourth-order valence-electron chi connectivity index (χ4n) is 14.8. The van der Waals surface area contributed by atoms with Crippen LogP contribution in [0.5, 0.6) is 0 Å². The Hall–Kier alpha value is -4.37. The molecule has 1 aromatic heterocycles. The molecule has 0 aliphatic carbocycles. The minimum atomic E-state index is -3.67. The summed E-state index contributed by atoms with van der Waals surface area (Å²) in [7, 11) is -2.01. The van der Waals surface area contributed by atoms with Gasteiger partial charge in [0.1, 0.15) is 42.1 Å². The molecule has 22 heteroatoms. The number of nitrogens with zero attached hydrogens (tertiary/aromatic N) is 3. The van der Waals surface area contributed by atoms with E-state index in [0.717, 1.165) is 86.1 Å². The van der Waals surface area contributed by atoms with Crippen LogP contribution in [0.25, 0.3) is 10.8 Å². The Kier molecular flexibility index (Phi) is 16.4. The third-order valence-corrected chi connectivity index (χ3v) is 18.6. The van der Waals surface area contributed by atoms with Crippen molar-refractivity contribution >= 4 is 44.0 Å². The molecule has 2 aromatic carbocycles. The first-order valence-corrected chi connectivity index (χ1v) is 30.9. The lowest BCUT2D eigenvalue weighted by molar-refractivity contribution is -0.292. The standard InChI is InChI=1S/C40H59NO11.C18H15N5O.CH4O3S/c1-19-11-24-5-7-28-20(2)12-26(45-28)9-10-40-17-33-36(51-40)37-38(50-33)39(52-40)35-29(49-37)8-6-25(47-35)13-22(42)14-27-31(16-30(46-24)21(19)3)48-32(34(27)44-4)15-23(43)18-41;24-18-13-6-3-7-14-16(13)17(21-22-18)20-15(19-14)10-23-8-11-4-1-2-5-12(11)9-23;1-5(2,3)4/h19,23-39,43H,2-3,5-18,41H2,1,4H3;1-7H,8-10H2,(H,22,24)(H,19,20,21);1H3,(H,2,3,4)/t19-,23+,24+,25-,26+,27+,28+,29+,30-,31+,32-,33-,34-,35+,36+,37+,38-,39+,40+;;/m1../s1. The van der Waals surface area contributed by atoms with Gasteiger partial charge in [0.05, 0.1) is 96.4 Å². The summed E-state index contributed by atoms with van der Waals surface area (Å²) in [5.41, 5.74) is 11.5. The summed E-state index contributed by atoms with van der Waals surface area (Å²) >= 11 is 0. The number of hydrogen-bond acceptors (Lipinski definition) is 19. The normalized spacial score (nSPS) is 39.1. The van der Waals surface area contributed by atoms with Crippen LogP contribution in [0, 0.1) is 11.8 Å². The van der Waals surface area contributed by atoms with Crippen molar-refractivity contribution in [3.05, 3.63) is 88.2 Å². The maximum Gasteiger partial charge on any atom is 0.272 e. The number of carbonyl (C=O) groups excluding carboxylic acids is 1. The summed E-state index contributed by atoms with van der Waals surface area (Å²) in [6, 6.07) is 14.1. The summed E-state index contributed by atoms with van der Waals surface area (Å²) in [5, 5.41) is 21.9. The molecule has 1 spiro atoms. The maximum absolute atomic E-state index is 14.1. The van der Waals surface area contributed by atoms with Gasteiger partial charge in [-0.25, -0.2) is 10.1 Å². The van der Waals surface area contributed by atoms with E-state index < -0.39 is 28.1 Å². The summed E-state index contributed by atoms with van der Waals surface area (Å²) in [4.78, 5) is 32.9. The van der Waals surface area contributed by atoms with Gasteiger partial charge < -0.3 is 58.8 Å². The van der Waals surface area contributed by atoms with Crippen molar-refractivity contribution in [1.29, 1.82) is 0 Å². The molecule has 3 aromatic rings. The van der Waals surface area contributed by atoms with Crippen LogP contribution >= 0.6 is 0 Å². The van der Waals surface area contributed by atoms with E-state index in [1.807, 2.05) is 12.1 Å². The van der Waals surface area contributed by atoms with Gasteiger partial charge >= 0.3 is 0 Å². The first-order valence-electron chi connectivity index (χ1n) is 29.0.